The Hall–Kier alpha value is -1.81. The minimum absolute atomic E-state index is 0.237. The van der Waals surface area contributed by atoms with Crippen LogP contribution in [0.15, 0.2) is 30.5 Å². The molecule has 20 heavy (non-hydrogen) atoms. The van der Waals surface area contributed by atoms with Crippen LogP contribution in [0.1, 0.15) is 36.6 Å². The van der Waals surface area contributed by atoms with Crippen LogP contribution in [0, 0.1) is 5.82 Å². The highest BCUT2D eigenvalue weighted by Crippen LogP contribution is 2.28. The summed E-state index contributed by atoms with van der Waals surface area (Å²) in [4.78, 5) is 9.16. The summed E-state index contributed by atoms with van der Waals surface area (Å²) in [6.45, 7) is 0. The van der Waals surface area contributed by atoms with Gasteiger partial charge in [0.25, 0.3) is 0 Å². The standard InChI is InChI=1S/C16H18FN3/c1-18-14-4-2-3-5-15-13(14)10-19-16(20-15)11-6-8-12(17)9-7-11/h6-10,14,18H,2-5H2,1H3. The summed E-state index contributed by atoms with van der Waals surface area (Å²) in [7, 11) is 1.98. The van der Waals surface area contributed by atoms with Crippen LogP contribution in [0.4, 0.5) is 4.39 Å². The Morgan fingerprint density at radius 1 is 1.20 bits per heavy atom. The van der Waals surface area contributed by atoms with Crippen LogP contribution in [-0.2, 0) is 6.42 Å². The van der Waals surface area contributed by atoms with Crippen molar-refractivity contribution in [2.24, 2.45) is 0 Å². The molecule has 0 amide bonds. The maximum atomic E-state index is 13.0. The second-order valence-electron chi connectivity index (χ2n) is 5.19. The number of rotatable bonds is 2. The van der Waals surface area contributed by atoms with Crippen LogP contribution in [0.25, 0.3) is 11.4 Å². The highest BCUT2D eigenvalue weighted by molar-refractivity contribution is 5.55. The van der Waals surface area contributed by atoms with Crippen LogP contribution < -0.4 is 5.32 Å². The van der Waals surface area contributed by atoms with Crippen LogP contribution in [0.5, 0.6) is 0 Å². The molecule has 3 nitrogen and oxygen atoms in total. The van der Waals surface area contributed by atoms with Crippen molar-refractivity contribution in [3.05, 3.63) is 47.5 Å². The molecule has 1 N–H and O–H groups in total. The number of hydrogen-bond acceptors (Lipinski definition) is 3. The van der Waals surface area contributed by atoms with Gasteiger partial charge in [0.05, 0.1) is 0 Å². The lowest BCUT2D eigenvalue weighted by molar-refractivity contribution is 0.532. The van der Waals surface area contributed by atoms with E-state index in [9.17, 15) is 4.39 Å². The number of aryl methyl sites for hydroxylation is 1. The normalized spacial score (nSPS) is 18.4. The first-order valence-electron chi connectivity index (χ1n) is 7.07. The fourth-order valence-electron chi connectivity index (χ4n) is 2.75. The molecule has 1 atom stereocenters. The molecule has 1 heterocycles. The lowest BCUT2D eigenvalue weighted by Gasteiger charge is -2.16. The zero-order valence-electron chi connectivity index (χ0n) is 11.6. The zero-order chi connectivity index (χ0) is 13.9. The molecule has 0 bridgehead atoms. The van der Waals surface area contributed by atoms with E-state index in [-0.39, 0.29) is 5.82 Å². The van der Waals surface area contributed by atoms with Gasteiger partial charge in [0.2, 0.25) is 0 Å². The zero-order valence-corrected chi connectivity index (χ0v) is 11.6. The van der Waals surface area contributed by atoms with Gasteiger partial charge in [-0.05, 0) is 50.6 Å². The topological polar surface area (TPSA) is 37.8 Å². The van der Waals surface area contributed by atoms with Crippen molar-refractivity contribution in [3.63, 3.8) is 0 Å². The fourth-order valence-corrected chi connectivity index (χ4v) is 2.75. The molecule has 0 radical (unpaired) electrons. The number of nitrogens with zero attached hydrogens (tertiary/aromatic N) is 2. The van der Waals surface area contributed by atoms with Gasteiger partial charge in [-0.25, -0.2) is 14.4 Å². The number of fused-ring (bicyclic) bond motifs is 1. The SMILES string of the molecule is CNC1CCCCc2nc(-c3ccc(F)cc3)ncc21. The molecule has 3 rings (SSSR count). The number of aromatic nitrogens is 2. The van der Waals surface area contributed by atoms with Crippen LogP contribution in [0.2, 0.25) is 0 Å². The van der Waals surface area contributed by atoms with Crippen molar-refractivity contribution in [1.29, 1.82) is 0 Å². The molecule has 1 aromatic carbocycles. The van der Waals surface area contributed by atoms with Crippen LogP contribution in [0.3, 0.4) is 0 Å². The average Bonchev–Trinajstić information content (AvgIpc) is 2.69. The molecule has 0 saturated heterocycles. The van der Waals surface area contributed by atoms with Gasteiger partial charge >= 0.3 is 0 Å². The summed E-state index contributed by atoms with van der Waals surface area (Å²) in [5.74, 6) is 0.444. The van der Waals surface area contributed by atoms with Crippen molar-refractivity contribution in [3.8, 4) is 11.4 Å². The van der Waals surface area contributed by atoms with Gasteiger partial charge < -0.3 is 5.32 Å². The molecule has 1 aliphatic rings. The average molecular weight is 271 g/mol. The largest absolute Gasteiger partial charge is 0.313 e. The molecule has 0 spiro atoms. The van der Waals surface area contributed by atoms with E-state index in [2.05, 4.69) is 10.3 Å². The molecule has 1 aromatic heterocycles. The molecule has 1 unspecified atom stereocenters. The number of nitrogens with one attached hydrogen (secondary N) is 1. The van der Waals surface area contributed by atoms with E-state index < -0.39 is 0 Å². The predicted octanol–water partition coefficient (Wildman–Crippen LogP) is 3.27. The third-order valence-electron chi connectivity index (χ3n) is 3.88. The quantitative estimate of drug-likeness (QED) is 0.852. The Morgan fingerprint density at radius 3 is 2.75 bits per heavy atom. The van der Waals surface area contributed by atoms with E-state index in [4.69, 9.17) is 4.98 Å². The molecule has 1 aliphatic carbocycles. The Labute approximate surface area is 118 Å². The summed E-state index contributed by atoms with van der Waals surface area (Å²) < 4.78 is 13.0. The first kappa shape index (κ1) is 13.2. The van der Waals surface area contributed by atoms with Gasteiger partial charge in [-0.3, -0.25) is 0 Å². The van der Waals surface area contributed by atoms with Gasteiger partial charge in [-0.15, -0.1) is 0 Å². The van der Waals surface area contributed by atoms with E-state index in [1.54, 1.807) is 12.1 Å². The Balaban J connectivity index is 1.99. The van der Waals surface area contributed by atoms with Crippen molar-refractivity contribution < 1.29 is 4.39 Å². The molecule has 4 heteroatoms. The van der Waals surface area contributed by atoms with E-state index in [1.807, 2.05) is 13.2 Å². The van der Waals surface area contributed by atoms with E-state index in [0.29, 0.717) is 11.9 Å². The van der Waals surface area contributed by atoms with Gasteiger partial charge in [-0.1, -0.05) is 6.42 Å². The summed E-state index contributed by atoms with van der Waals surface area (Å²) in [6.07, 6.45) is 6.40. The van der Waals surface area contributed by atoms with Crippen LogP contribution >= 0.6 is 0 Å². The second kappa shape index (κ2) is 5.67. The third-order valence-corrected chi connectivity index (χ3v) is 3.88. The maximum absolute atomic E-state index is 13.0. The molecule has 2 aromatic rings. The summed E-state index contributed by atoms with van der Waals surface area (Å²) >= 11 is 0. The minimum Gasteiger partial charge on any atom is -0.313 e. The molecule has 104 valence electrons. The first-order valence-corrected chi connectivity index (χ1v) is 7.07. The first-order chi connectivity index (χ1) is 9.78. The molecular weight excluding hydrogens is 253 g/mol. The Morgan fingerprint density at radius 2 is 2.00 bits per heavy atom. The smallest absolute Gasteiger partial charge is 0.159 e. The number of benzene rings is 1. The molecule has 0 aliphatic heterocycles. The van der Waals surface area contributed by atoms with Gasteiger partial charge in [0.1, 0.15) is 5.82 Å². The predicted molar refractivity (Wildman–Crippen MR) is 76.8 cm³/mol. The molecule has 0 saturated carbocycles. The fraction of sp³-hybridized carbons (Fsp3) is 0.375. The number of halogens is 1. The molecule has 0 fully saturated rings. The lowest BCUT2D eigenvalue weighted by Crippen LogP contribution is -2.17. The Bertz CT molecular complexity index is 595. The lowest BCUT2D eigenvalue weighted by atomic mass is 10.0. The summed E-state index contributed by atoms with van der Waals surface area (Å²) in [6, 6.07) is 6.68. The van der Waals surface area contributed by atoms with E-state index >= 15 is 0 Å². The highest BCUT2D eigenvalue weighted by Gasteiger charge is 2.19. The van der Waals surface area contributed by atoms with Gasteiger partial charge in [0.15, 0.2) is 5.82 Å². The minimum atomic E-state index is -0.237. The van der Waals surface area contributed by atoms with Crippen molar-refractivity contribution >= 4 is 0 Å². The van der Waals surface area contributed by atoms with Crippen molar-refractivity contribution in [2.45, 2.75) is 31.7 Å². The highest BCUT2D eigenvalue weighted by atomic mass is 19.1. The monoisotopic (exact) mass is 271 g/mol. The van der Waals surface area contributed by atoms with Crippen molar-refractivity contribution in [2.75, 3.05) is 7.05 Å². The van der Waals surface area contributed by atoms with Gasteiger partial charge in [0, 0.05) is 29.1 Å². The van der Waals surface area contributed by atoms with E-state index in [1.165, 1.54) is 24.1 Å². The Kier molecular flexibility index (Phi) is 3.74. The van der Waals surface area contributed by atoms with Gasteiger partial charge in [-0.2, -0.15) is 0 Å². The third kappa shape index (κ3) is 2.56. The second-order valence-corrected chi connectivity index (χ2v) is 5.19. The summed E-state index contributed by atoms with van der Waals surface area (Å²) in [5, 5.41) is 3.34. The van der Waals surface area contributed by atoms with E-state index in [0.717, 1.165) is 30.5 Å². The van der Waals surface area contributed by atoms with Crippen molar-refractivity contribution in [1.82, 2.24) is 15.3 Å². The van der Waals surface area contributed by atoms with Crippen LogP contribution in [-0.4, -0.2) is 17.0 Å². The molecular formula is C16H18FN3. The summed E-state index contributed by atoms with van der Waals surface area (Å²) in [5.41, 5.74) is 3.19. The maximum Gasteiger partial charge on any atom is 0.159 e. The number of hydrogen-bond donors (Lipinski definition) is 1.